The predicted octanol–water partition coefficient (Wildman–Crippen LogP) is 2.50. The zero-order chi connectivity index (χ0) is 21.1. The third kappa shape index (κ3) is 9.05. The van der Waals surface area contributed by atoms with Gasteiger partial charge in [-0.25, -0.2) is 0 Å². The Morgan fingerprint density at radius 2 is 1.59 bits per heavy atom. The number of nitrogens with zero attached hydrogens (tertiary/aromatic N) is 3. The van der Waals surface area contributed by atoms with E-state index in [9.17, 15) is 9.59 Å². The Balaban J connectivity index is 1.52. The molecule has 0 atom stereocenters. The van der Waals surface area contributed by atoms with E-state index in [1.165, 1.54) is 32.1 Å². The van der Waals surface area contributed by atoms with Crippen molar-refractivity contribution in [2.75, 3.05) is 32.7 Å². The van der Waals surface area contributed by atoms with Crippen LogP contribution in [0.2, 0.25) is 0 Å². The average Bonchev–Trinajstić information content (AvgIpc) is 2.70. The Morgan fingerprint density at radius 1 is 0.966 bits per heavy atom. The maximum atomic E-state index is 12.4. The lowest BCUT2D eigenvalue weighted by Gasteiger charge is -2.35. The van der Waals surface area contributed by atoms with Crippen LogP contribution in [-0.2, 0) is 9.59 Å². The van der Waals surface area contributed by atoms with E-state index in [2.05, 4.69) is 24.2 Å². The highest BCUT2D eigenvalue weighted by molar-refractivity contribution is 5.79. The molecular formula is C22H41N5O2. The molecule has 0 aromatic carbocycles. The number of piperazine rings is 1. The molecule has 0 aromatic heterocycles. The molecule has 2 fully saturated rings. The zero-order valence-corrected chi connectivity index (χ0v) is 18.5. The number of aliphatic imine (C=N–C) groups is 1. The lowest BCUT2D eigenvalue weighted by molar-refractivity contribution is -0.140. The van der Waals surface area contributed by atoms with Gasteiger partial charge in [0.05, 0.1) is 0 Å². The lowest BCUT2D eigenvalue weighted by atomic mass is 9.96. The van der Waals surface area contributed by atoms with E-state index in [-0.39, 0.29) is 11.8 Å². The number of unbranched alkanes of at least 4 members (excludes halogenated alkanes) is 2. The normalized spacial score (nSPS) is 18.9. The molecule has 0 unspecified atom stereocenters. The smallest absolute Gasteiger partial charge is 0.222 e. The van der Waals surface area contributed by atoms with Gasteiger partial charge >= 0.3 is 0 Å². The number of guanidine groups is 1. The van der Waals surface area contributed by atoms with Crippen molar-refractivity contribution in [2.24, 2.45) is 16.6 Å². The van der Waals surface area contributed by atoms with Crippen molar-refractivity contribution in [3.05, 3.63) is 0 Å². The third-order valence-corrected chi connectivity index (χ3v) is 5.86. The molecular weight excluding hydrogens is 366 g/mol. The molecule has 7 heteroatoms. The topological polar surface area (TPSA) is 91.0 Å². The number of amides is 2. The van der Waals surface area contributed by atoms with Gasteiger partial charge in [0.2, 0.25) is 11.8 Å². The predicted molar refractivity (Wildman–Crippen MR) is 118 cm³/mol. The van der Waals surface area contributed by atoms with Gasteiger partial charge in [-0.15, -0.1) is 0 Å². The van der Waals surface area contributed by atoms with Gasteiger partial charge < -0.3 is 20.9 Å². The van der Waals surface area contributed by atoms with Gasteiger partial charge in [-0.1, -0.05) is 39.5 Å². The van der Waals surface area contributed by atoms with Crippen molar-refractivity contribution in [2.45, 2.75) is 84.1 Å². The second-order valence-electron chi connectivity index (χ2n) is 8.92. The Hall–Kier alpha value is -1.79. The van der Waals surface area contributed by atoms with Gasteiger partial charge in [-0.3, -0.25) is 14.6 Å². The van der Waals surface area contributed by atoms with Crippen LogP contribution in [0.15, 0.2) is 4.99 Å². The van der Waals surface area contributed by atoms with Crippen LogP contribution in [0, 0.1) is 5.92 Å². The first-order valence-corrected chi connectivity index (χ1v) is 11.6. The van der Waals surface area contributed by atoms with Gasteiger partial charge in [0.25, 0.3) is 0 Å². The molecule has 7 nitrogen and oxygen atoms in total. The fraction of sp³-hybridized carbons (Fsp3) is 0.864. The Kier molecular flexibility index (Phi) is 10.3. The first kappa shape index (κ1) is 23.5. The molecule has 1 aliphatic carbocycles. The summed E-state index contributed by atoms with van der Waals surface area (Å²) in [5.41, 5.74) is 5.97. The number of hydrogen-bond donors (Lipinski definition) is 2. The molecule has 1 saturated heterocycles. The van der Waals surface area contributed by atoms with E-state index in [4.69, 9.17) is 5.73 Å². The summed E-state index contributed by atoms with van der Waals surface area (Å²) in [6, 6.07) is 0.492. The van der Waals surface area contributed by atoms with Crippen LogP contribution in [0.1, 0.15) is 78.1 Å². The monoisotopic (exact) mass is 407 g/mol. The highest BCUT2D eigenvalue weighted by Crippen LogP contribution is 2.17. The minimum absolute atomic E-state index is 0.211. The number of rotatable bonds is 9. The molecule has 29 heavy (non-hydrogen) atoms. The highest BCUT2D eigenvalue weighted by atomic mass is 16.2. The van der Waals surface area contributed by atoms with E-state index in [1.54, 1.807) is 0 Å². The van der Waals surface area contributed by atoms with Crippen molar-refractivity contribution in [3.8, 4) is 0 Å². The standard InChI is InChI=1S/C22H41N5O2/c1-18(2)17-21(29)27-15-13-26(14-16-27)20(28)11-7-4-8-12-24-22(23)25-19-9-5-3-6-10-19/h18-19H,3-17H2,1-2H3,(H3,23,24,25). The van der Waals surface area contributed by atoms with Crippen LogP contribution in [0.5, 0.6) is 0 Å². The Bertz CT molecular complexity index is 535. The largest absolute Gasteiger partial charge is 0.370 e. The molecule has 1 heterocycles. The molecule has 2 rings (SSSR count). The van der Waals surface area contributed by atoms with E-state index < -0.39 is 0 Å². The second-order valence-corrected chi connectivity index (χ2v) is 8.92. The molecule has 166 valence electrons. The molecule has 0 aromatic rings. The van der Waals surface area contributed by atoms with E-state index in [0.717, 1.165) is 25.8 Å². The van der Waals surface area contributed by atoms with Crippen molar-refractivity contribution < 1.29 is 9.59 Å². The molecule has 1 aliphatic heterocycles. The summed E-state index contributed by atoms with van der Waals surface area (Å²) in [5.74, 6) is 1.37. The summed E-state index contributed by atoms with van der Waals surface area (Å²) in [7, 11) is 0. The SMILES string of the molecule is CC(C)CC(=O)N1CCN(C(=O)CCCCCN=C(N)NC2CCCCC2)CC1. The van der Waals surface area contributed by atoms with Gasteiger partial charge in [0, 0.05) is 51.6 Å². The molecule has 1 saturated carbocycles. The van der Waals surface area contributed by atoms with Crippen LogP contribution < -0.4 is 11.1 Å². The van der Waals surface area contributed by atoms with Crippen LogP contribution >= 0.6 is 0 Å². The first-order valence-electron chi connectivity index (χ1n) is 11.6. The lowest BCUT2D eigenvalue weighted by Crippen LogP contribution is -2.50. The molecule has 0 bridgehead atoms. The van der Waals surface area contributed by atoms with E-state index >= 15 is 0 Å². The first-order chi connectivity index (χ1) is 14.0. The molecule has 3 N–H and O–H groups in total. The van der Waals surface area contributed by atoms with Crippen LogP contribution in [0.25, 0.3) is 0 Å². The molecule has 2 amide bonds. The summed E-state index contributed by atoms with van der Waals surface area (Å²) in [5, 5.41) is 3.33. The van der Waals surface area contributed by atoms with Crippen molar-refractivity contribution in [1.82, 2.24) is 15.1 Å². The fourth-order valence-electron chi connectivity index (χ4n) is 4.11. The number of nitrogens with two attached hydrogens (primary N) is 1. The Morgan fingerprint density at radius 3 is 2.21 bits per heavy atom. The minimum atomic E-state index is 0.211. The van der Waals surface area contributed by atoms with E-state index in [0.29, 0.717) is 56.9 Å². The van der Waals surface area contributed by atoms with Crippen LogP contribution in [-0.4, -0.2) is 66.3 Å². The minimum Gasteiger partial charge on any atom is -0.370 e. The van der Waals surface area contributed by atoms with Gasteiger partial charge in [0.15, 0.2) is 5.96 Å². The third-order valence-electron chi connectivity index (χ3n) is 5.86. The van der Waals surface area contributed by atoms with Crippen molar-refractivity contribution in [3.63, 3.8) is 0 Å². The highest BCUT2D eigenvalue weighted by Gasteiger charge is 2.23. The summed E-state index contributed by atoms with van der Waals surface area (Å²) in [6.07, 6.45) is 10.3. The summed E-state index contributed by atoms with van der Waals surface area (Å²) in [6.45, 7) is 7.50. The number of carbonyl (C=O) groups is 2. The second kappa shape index (κ2) is 12.7. The molecule has 2 aliphatic rings. The van der Waals surface area contributed by atoms with Gasteiger partial charge in [-0.2, -0.15) is 0 Å². The molecule has 0 spiro atoms. The number of hydrogen-bond acceptors (Lipinski definition) is 3. The fourth-order valence-corrected chi connectivity index (χ4v) is 4.11. The van der Waals surface area contributed by atoms with Crippen LogP contribution in [0.4, 0.5) is 0 Å². The summed E-state index contributed by atoms with van der Waals surface area (Å²) in [4.78, 5) is 32.7. The van der Waals surface area contributed by atoms with E-state index in [1.807, 2.05) is 9.80 Å². The summed E-state index contributed by atoms with van der Waals surface area (Å²) >= 11 is 0. The Labute approximate surface area is 176 Å². The van der Waals surface area contributed by atoms with Crippen molar-refractivity contribution >= 4 is 17.8 Å². The van der Waals surface area contributed by atoms with Gasteiger partial charge in [-0.05, 0) is 31.6 Å². The quantitative estimate of drug-likeness (QED) is 0.349. The average molecular weight is 408 g/mol. The van der Waals surface area contributed by atoms with Crippen molar-refractivity contribution in [1.29, 1.82) is 0 Å². The number of carbonyl (C=O) groups excluding carboxylic acids is 2. The maximum absolute atomic E-state index is 12.4. The van der Waals surface area contributed by atoms with Crippen LogP contribution in [0.3, 0.4) is 0 Å². The summed E-state index contributed by atoms with van der Waals surface area (Å²) < 4.78 is 0. The molecule has 0 radical (unpaired) electrons. The number of nitrogens with one attached hydrogen (secondary N) is 1. The van der Waals surface area contributed by atoms with Gasteiger partial charge in [0.1, 0.15) is 0 Å². The zero-order valence-electron chi connectivity index (χ0n) is 18.5. The maximum Gasteiger partial charge on any atom is 0.222 e.